The standard InChI is InChI=1S/C20H33N5O4/c1-4-28-20(26)25-9-7-24(8-10-25)19(21-3)22-15-17(18-6-5-16(2)29-18)23-11-13-27-14-12-23/h5-6,17H,4,7-15H2,1-3H3,(H,21,22). The highest BCUT2D eigenvalue weighted by atomic mass is 16.6. The van der Waals surface area contributed by atoms with Gasteiger partial charge >= 0.3 is 6.09 Å². The molecule has 2 fully saturated rings. The minimum absolute atomic E-state index is 0.116. The van der Waals surface area contributed by atoms with Gasteiger partial charge in [0.05, 0.1) is 25.9 Å². The first kappa shape index (κ1) is 21.4. The number of aryl methyl sites for hydroxylation is 1. The second kappa shape index (κ2) is 10.5. The summed E-state index contributed by atoms with van der Waals surface area (Å²) in [5, 5.41) is 3.51. The third-order valence-electron chi connectivity index (χ3n) is 5.35. The number of hydrogen-bond acceptors (Lipinski definition) is 6. The minimum Gasteiger partial charge on any atom is -0.465 e. The second-order valence-electron chi connectivity index (χ2n) is 7.21. The van der Waals surface area contributed by atoms with Crippen LogP contribution >= 0.6 is 0 Å². The highest BCUT2D eigenvalue weighted by molar-refractivity contribution is 5.80. The van der Waals surface area contributed by atoms with Crippen LogP contribution in [-0.2, 0) is 9.47 Å². The van der Waals surface area contributed by atoms with E-state index in [-0.39, 0.29) is 12.1 Å². The fourth-order valence-electron chi connectivity index (χ4n) is 3.77. The van der Waals surface area contributed by atoms with Crippen molar-refractivity contribution in [3.63, 3.8) is 0 Å². The van der Waals surface area contributed by atoms with Gasteiger partial charge in [-0.1, -0.05) is 0 Å². The number of nitrogens with one attached hydrogen (secondary N) is 1. The van der Waals surface area contributed by atoms with Crippen LogP contribution in [-0.4, -0.2) is 99.4 Å². The zero-order valence-electron chi connectivity index (χ0n) is 17.7. The zero-order chi connectivity index (χ0) is 20.6. The smallest absolute Gasteiger partial charge is 0.409 e. The Morgan fingerprint density at radius 1 is 1.17 bits per heavy atom. The van der Waals surface area contributed by atoms with Crippen molar-refractivity contribution in [2.24, 2.45) is 4.99 Å². The van der Waals surface area contributed by atoms with Gasteiger partial charge in [0, 0.05) is 52.9 Å². The van der Waals surface area contributed by atoms with E-state index in [0.29, 0.717) is 26.2 Å². The lowest BCUT2D eigenvalue weighted by atomic mass is 10.1. The Hall–Kier alpha value is -2.26. The van der Waals surface area contributed by atoms with Crippen LogP contribution in [0.2, 0.25) is 0 Å². The van der Waals surface area contributed by atoms with E-state index in [1.165, 1.54) is 0 Å². The molecule has 0 saturated carbocycles. The summed E-state index contributed by atoms with van der Waals surface area (Å²) >= 11 is 0. The van der Waals surface area contributed by atoms with E-state index < -0.39 is 0 Å². The van der Waals surface area contributed by atoms with E-state index in [1.807, 2.05) is 19.9 Å². The molecule has 1 aromatic heterocycles. The number of hydrogen-bond donors (Lipinski definition) is 1. The first-order valence-corrected chi connectivity index (χ1v) is 10.4. The molecular weight excluding hydrogens is 374 g/mol. The number of carbonyl (C=O) groups is 1. The number of morpholine rings is 1. The van der Waals surface area contributed by atoms with Gasteiger partial charge in [0.2, 0.25) is 0 Å². The number of rotatable bonds is 5. The molecule has 0 aromatic carbocycles. The predicted octanol–water partition coefficient (Wildman–Crippen LogP) is 1.31. The normalized spacial score (nSPS) is 19.9. The molecular formula is C20H33N5O4. The number of carbonyl (C=O) groups excluding carboxylic acids is 1. The van der Waals surface area contributed by atoms with Gasteiger partial charge < -0.3 is 29.0 Å². The van der Waals surface area contributed by atoms with Gasteiger partial charge in [0.15, 0.2) is 5.96 Å². The Morgan fingerprint density at radius 3 is 2.45 bits per heavy atom. The molecule has 3 rings (SSSR count). The number of furan rings is 1. The van der Waals surface area contributed by atoms with Crippen molar-refractivity contribution in [3.8, 4) is 0 Å². The van der Waals surface area contributed by atoms with Crippen molar-refractivity contribution in [2.45, 2.75) is 19.9 Å². The molecule has 1 N–H and O–H groups in total. The summed E-state index contributed by atoms with van der Waals surface area (Å²) < 4.78 is 16.5. The van der Waals surface area contributed by atoms with Crippen LogP contribution in [0.3, 0.4) is 0 Å². The van der Waals surface area contributed by atoms with Crippen molar-refractivity contribution < 1.29 is 18.7 Å². The first-order valence-electron chi connectivity index (χ1n) is 10.4. The third kappa shape index (κ3) is 5.63. The summed E-state index contributed by atoms with van der Waals surface area (Å²) in [4.78, 5) is 22.7. The van der Waals surface area contributed by atoms with Crippen LogP contribution in [0.25, 0.3) is 0 Å². The maximum Gasteiger partial charge on any atom is 0.409 e. The maximum absolute atomic E-state index is 11.9. The SMILES string of the molecule is CCOC(=O)N1CCN(C(=NC)NCC(c2ccc(C)o2)N2CCOCC2)CC1. The first-order chi connectivity index (χ1) is 14.1. The lowest BCUT2D eigenvalue weighted by molar-refractivity contribution is 0.0123. The fourth-order valence-corrected chi connectivity index (χ4v) is 3.77. The molecule has 1 atom stereocenters. The Morgan fingerprint density at radius 2 is 1.86 bits per heavy atom. The van der Waals surface area contributed by atoms with E-state index in [4.69, 9.17) is 13.9 Å². The molecule has 1 unspecified atom stereocenters. The largest absolute Gasteiger partial charge is 0.465 e. The summed E-state index contributed by atoms with van der Waals surface area (Å²) in [6, 6.07) is 4.18. The quantitative estimate of drug-likeness (QED) is 0.582. The van der Waals surface area contributed by atoms with Crippen molar-refractivity contribution in [2.75, 3.05) is 72.7 Å². The Bertz CT molecular complexity index is 678. The van der Waals surface area contributed by atoms with E-state index in [9.17, 15) is 4.79 Å². The Balaban J connectivity index is 1.58. The fraction of sp³-hybridized carbons (Fsp3) is 0.700. The summed E-state index contributed by atoms with van der Waals surface area (Å²) in [6.07, 6.45) is -0.240. The molecule has 9 nitrogen and oxygen atoms in total. The Labute approximate surface area is 172 Å². The van der Waals surface area contributed by atoms with Gasteiger partial charge in [0.1, 0.15) is 11.5 Å². The second-order valence-corrected chi connectivity index (χ2v) is 7.21. The number of ether oxygens (including phenoxy) is 2. The summed E-state index contributed by atoms with van der Waals surface area (Å²) in [5.74, 6) is 2.72. The van der Waals surface area contributed by atoms with E-state index >= 15 is 0 Å². The monoisotopic (exact) mass is 407 g/mol. The van der Waals surface area contributed by atoms with Crippen LogP contribution in [0, 0.1) is 6.92 Å². The molecule has 0 aliphatic carbocycles. The van der Waals surface area contributed by atoms with Crippen LogP contribution in [0.4, 0.5) is 4.79 Å². The zero-order valence-corrected chi connectivity index (χ0v) is 17.7. The number of guanidine groups is 1. The number of amides is 1. The molecule has 2 aliphatic heterocycles. The lowest BCUT2D eigenvalue weighted by Crippen LogP contribution is -2.55. The molecule has 9 heteroatoms. The van der Waals surface area contributed by atoms with Gasteiger partial charge in [0.25, 0.3) is 0 Å². The number of piperazine rings is 1. The van der Waals surface area contributed by atoms with E-state index in [0.717, 1.165) is 56.9 Å². The average Bonchev–Trinajstić information content (AvgIpc) is 3.18. The molecule has 2 saturated heterocycles. The Kier molecular flexibility index (Phi) is 7.76. The van der Waals surface area contributed by atoms with Crippen LogP contribution in [0.5, 0.6) is 0 Å². The molecule has 162 valence electrons. The van der Waals surface area contributed by atoms with Crippen molar-refractivity contribution in [1.29, 1.82) is 0 Å². The molecule has 0 radical (unpaired) electrons. The van der Waals surface area contributed by atoms with Crippen LogP contribution in [0.1, 0.15) is 24.5 Å². The number of nitrogens with zero attached hydrogens (tertiary/aromatic N) is 4. The van der Waals surface area contributed by atoms with Gasteiger partial charge in [-0.05, 0) is 26.0 Å². The van der Waals surface area contributed by atoms with Gasteiger partial charge in [-0.3, -0.25) is 9.89 Å². The van der Waals surface area contributed by atoms with Crippen LogP contribution < -0.4 is 5.32 Å². The van der Waals surface area contributed by atoms with E-state index in [1.54, 1.807) is 11.9 Å². The molecule has 0 bridgehead atoms. The van der Waals surface area contributed by atoms with Crippen LogP contribution in [0.15, 0.2) is 21.5 Å². The van der Waals surface area contributed by atoms with Crippen molar-refractivity contribution in [1.82, 2.24) is 20.0 Å². The predicted molar refractivity (Wildman–Crippen MR) is 110 cm³/mol. The molecule has 1 amide bonds. The topological polar surface area (TPSA) is 82.8 Å². The third-order valence-corrected chi connectivity index (χ3v) is 5.35. The van der Waals surface area contributed by atoms with Gasteiger partial charge in [-0.25, -0.2) is 4.79 Å². The molecule has 1 aromatic rings. The van der Waals surface area contributed by atoms with Gasteiger partial charge in [-0.2, -0.15) is 0 Å². The molecule has 0 spiro atoms. The van der Waals surface area contributed by atoms with Crippen molar-refractivity contribution >= 4 is 12.1 Å². The summed E-state index contributed by atoms with van der Waals surface area (Å²) in [5.41, 5.74) is 0. The molecule has 2 aliphatic rings. The molecule has 29 heavy (non-hydrogen) atoms. The number of aliphatic imine (C=N–C) groups is 1. The molecule has 3 heterocycles. The van der Waals surface area contributed by atoms with Crippen molar-refractivity contribution in [3.05, 3.63) is 23.7 Å². The average molecular weight is 408 g/mol. The summed E-state index contributed by atoms with van der Waals surface area (Å²) in [7, 11) is 1.79. The summed E-state index contributed by atoms with van der Waals surface area (Å²) in [6.45, 7) is 10.8. The van der Waals surface area contributed by atoms with Gasteiger partial charge in [-0.15, -0.1) is 0 Å². The lowest BCUT2D eigenvalue weighted by Gasteiger charge is -2.37. The highest BCUT2D eigenvalue weighted by Gasteiger charge is 2.27. The van der Waals surface area contributed by atoms with E-state index in [2.05, 4.69) is 26.2 Å². The maximum atomic E-state index is 11.9. The highest BCUT2D eigenvalue weighted by Crippen LogP contribution is 2.23. The minimum atomic E-state index is -0.240.